The molecule has 136 valence electrons. The molecule has 0 aliphatic carbocycles. The predicted octanol–water partition coefficient (Wildman–Crippen LogP) is 3.41. The zero-order valence-corrected chi connectivity index (χ0v) is 16.3. The zero-order valence-electron chi connectivity index (χ0n) is 14.1. The lowest BCUT2D eigenvalue weighted by atomic mass is 10.2. The topological polar surface area (TPSA) is 75.1 Å². The largest absolute Gasteiger partial charge is 0.379 e. The van der Waals surface area contributed by atoms with E-state index in [9.17, 15) is 9.18 Å². The minimum absolute atomic E-state index is 0.254. The Hall–Kier alpha value is -2.88. The summed E-state index contributed by atoms with van der Waals surface area (Å²) in [4.78, 5) is 21.2. The molecule has 27 heavy (non-hydrogen) atoms. The molecule has 6 nitrogen and oxygen atoms in total. The molecule has 0 spiro atoms. The Bertz CT molecular complexity index is 1180. The lowest BCUT2D eigenvalue weighted by Crippen LogP contribution is -2.17. The number of hydrogen-bond donors (Lipinski definition) is 2. The van der Waals surface area contributed by atoms with Crippen molar-refractivity contribution in [2.75, 3.05) is 5.32 Å². The minimum Gasteiger partial charge on any atom is -0.379 e. The van der Waals surface area contributed by atoms with Gasteiger partial charge in [0, 0.05) is 20.9 Å². The summed E-state index contributed by atoms with van der Waals surface area (Å²) in [5.74, 6) is 0.400. The van der Waals surface area contributed by atoms with Crippen LogP contribution in [0, 0.1) is 9.39 Å². The van der Waals surface area contributed by atoms with E-state index in [4.69, 9.17) is 0 Å². The van der Waals surface area contributed by atoms with Crippen molar-refractivity contribution >= 4 is 36.7 Å². The number of halogens is 2. The highest BCUT2D eigenvalue weighted by atomic mass is 127. The lowest BCUT2D eigenvalue weighted by Gasteiger charge is -2.08. The van der Waals surface area contributed by atoms with E-state index in [0.29, 0.717) is 23.6 Å². The molecule has 0 aliphatic heterocycles. The third kappa shape index (κ3) is 3.65. The van der Waals surface area contributed by atoms with Crippen LogP contribution < -0.4 is 10.9 Å². The zero-order chi connectivity index (χ0) is 18.8. The number of fused-ring (bicyclic) bond motifs is 1. The van der Waals surface area contributed by atoms with Crippen LogP contribution in [-0.4, -0.2) is 24.1 Å². The summed E-state index contributed by atoms with van der Waals surface area (Å²) in [7, 11) is 0. The summed E-state index contributed by atoms with van der Waals surface area (Å²) in [6, 6.07) is 15.3. The van der Waals surface area contributed by atoms with Crippen LogP contribution in [0.1, 0.15) is 5.69 Å². The number of para-hydroxylation sites is 1. The van der Waals surface area contributed by atoms with Gasteiger partial charge in [0.25, 0.3) is 11.3 Å². The Labute approximate surface area is 163 Å². The number of anilines is 1. The van der Waals surface area contributed by atoms with E-state index in [0.717, 1.165) is 5.69 Å². The average Bonchev–Trinajstić information content (AvgIpc) is 3.12. The normalized spacial score (nSPS) is 11.0. The molecule has 2 N–H and O–H groups in total. The van der Waals surface area contributed by atoms with E-state index in [1.54, 1.807) is 12.1 Å². The van der Waals surface area contributed by atoms with Crippen LogP contribution in [0.25, 0.3) is 17.2 Å². The number of hydrogen-bond acceptors (Lipinski definition) is 4. The highest BCUT2D eigenvalue weighted by Gasteiger charge is 2.10. The van der Waals surface area contributed by atoms with Crippen LogP contribution >= 0.6 is 20.7 Å². The molecule has 0 radical (unpaired) electrons. The van der Waals surface area contributed by atoms with Crippen LogP contribution in [0.3, 0.4) is 0 Å². The summed E-state index contributed by atoms with van der Waals surface area (Å²) in [6.07, 6.45) is 0. The highest BCUT2D eigenvalue weighted by Crippen LogP contribution is 2.21. The fraction of sp³-hybridized carbons (Fsp3) is 0.0526. The second-order valence-corrected chi connectivity index (χ2v) is 7.69. The molecule has 0 bridgehead atoms. The van der Waals surface area contributed by atoms with Crippen molar-refractivity contribution in [3.8, 4) is 11.4 Å². The molecule has 0 unspecified atom stereocenters. The molecule has 4 rings (SSSR count). The Morgan fingerprint density at radius 3 is 2.70 bits per heavy atom. The SMILES string of the molecule is C=Ic1ccccc1NCc1cc(=O)n2[nH]c(-c3ccc(F)cc3)nc2n1. The fourth-order valence-electron chi connectivity index (χ4n) is 2.66. The van der Waals surface area contributed by atoms with Crippen molar-refractivity contribution in [3.05, 3.63) is 80.0 Å². The van der Waals surface area contributed by atoms with Crippen LogP contribution in [-0.2, 0) is 6.54 Å². The summed E-state index contributed by atoms with van der Waals surface area (Å²) in [5, 5.41) is 6.22. The molecule has 0 aliphatic rings. The van der Waals surface area contributed by atoms with Gasteiger partial charge in [-0.1, -0.05) is 37.4 Å². The Morgan fingerprint density at radius 2 is 1.93 bits per heavy atom. The monoisotopic (exact) mass is 475 g/mol. The average molecular weight is 475 g/mol. The second kappa shape index (κ2) is 7.39. The van der Waals surface area contributed by atoms with Crippen molar-refractivity contribution in [2.45, 2.75) is 6.54 Å². The predicted molar refractivity (Wildman–Crippen MR) is 113 cm³/mol. The number of aromatic nitrogens is 4. The molecule has 0 atom stereocenters. The van der Waals surface area contributed by atoms with E-state index in [-0.39, 0.29) is 37.9 Å². The molecule has 4 aromatic rings. The summed E-state index contributed by atoms with van der Waals surface area (Å²) >= 11 is -0.298. The van der Waals surface area contributed by atoms with Gasteiger partial charge in [-0.2, -0.15) is 9.50 Å². The van der Waals surface area contributed by atoms with Gasteiger partial charge < -0.3 is 5.32 Å². The van der Waals surface area contributed by atoms with Crippen molar-refractivity contribution in [2.24, 2.45) is 0 Å². The van der Waals surface area contributed by atoms with E-state index in [1.807, 2.05) is 18.2 Å². The smallest absolute Gasteiger partial charge is 0.274 e. The quantitative estimate of drug-likeness (QED) is 0.434. The van der Waals surface area contributed by atoms with E-state index >= 15 is 0 Å². The number of nitrogens with one attached hydrogen (secondary N) is 2. The first kappa shape index (κ1) is 17.5. The molecule has 0 saturated carbocycles. The minimum atomic E-state index is -0.330. The Balaban J connectivity index is 1.64. The van der Waals surface area contributed by atoms with Crippen molar-refractivity contribution < 1.29 is 4.39 Å². The third-order valence-electron chi connectivity index (χ3n) is 3.98. The summed E-state index contributed by atoms with van der Waals surface area (Å²) < 4.78 is 19.6. The molecule has 0 fully saturated rings. The number of aromatic amines is 1. The number of H-pyrrole nitrogens is 1. The number of rotatable bonds is 5. The Morgan fingerprint density at radius 1 is 1.15 bits per heavy atom. The summed E-state index contributed by atoms with van der Waals surface area (Å²) in [5.41, 5.74) is 2.02. The number of nitrogens with zero attached hydrogens (tertiary/aromatic N) is 3. The molecule has 2 aromatic heterocycles. The van der Waals surface area contributed by atoms with Gasteiger partial charge in [0.1, 0.15) is 5.82 Å². The molecular formula is C19H15FIN5O. The Kier molecular flexibility index (Phi) is 4.80. The molecule has 8 heteroatoms. The van der Waals surface area contributed by atoms with Gasteiger partial charge in [-0.05, 0) is 36.4 Å². The van der Waals surface area contributed by atoms with Crippen molar-refractivity contribution in [3.63, 3.8) is 0 Å². The maximum atomic E-state index is 13.1. The summed E-state index contributed by atoms with van der Waals surface area (Å²) in [6.45, 7) is 0.408. The van der Waals surface area contributed by atoms with Gasteiger partial charge in [-0.15, -0.1) is 0 Å². The maximum Gasteiger partial charge on any atom is 0.274 e. The number of benzene rings is 2. The van der Waals surface area contributed by atoms with Gasteiger partial charge in [-0.3, -0.25) is 9.89 Å². The molecule has 2 heterocycles. The van der Waals surface area contributed by atoms with Crippen LogP contribution in [0.15, 0.2) is 59.4 Å². The van der Waals surface area contributed by atoms with Gasteiger partial charge in [0.2, 0.25) is 0 Å². The fourth-order valence-corrected chi connectivity index (χ4v) is 3.90. The van der Waals surface area contributed by atoms with Crippen LogP contribution in [0.2, 0.25) is 0 Å². The van der Waals surface area contributed by atoms with Crippen LogP contribution in [0.4, 0.5) is 10.1 Å². The first-order valence-corrected chi connectivity index (χ1v) is 10.7. The van der Waals surface area contributed by atoms with Gasteiger partial charge >= 0.3 is 0 Å². The molecule has 0 saturated heterocycles. The van der Waals surface area contributed by atoms with Crippen LogP contribution in [0.5, 0.6) is 0 Å². The van der Waals surface area contributed by atoms with Gasteiger partial charge in [-0.25, -0.2) is 9.37 Å². The second-order valence-electron chi connectivity index (χ2n) is 5.77. The van der Waals surface area contributed by atoms with E-state index in [1.165, 1.54) is 26.3 Å². The van der Waals surface area contributed by atoms with Crippen molar-refractivity contribution in [1.82, 2.24) is 19.6 Å². The molecule has 0 amide bonds. The standard InChI is InChI=1S/C19H15FIN5O/c1-21-15-4-2-3-5-16(15)22-11-14-10-17(27)26-19(23-14)24-18(25-26)12-6-8-13(20)9-7-12/h2-10,22H,1,11H2,(H,23,24,25). The van der Waals surface area contributed by atoms with Gasteiger partial charge in [0.05, 0.1) is 12.2 Å². The van der Waals surface area contributed by atoms with E-state index < -0.39 is 0 Å². The highest BCUT2D eigenvalue weighted by molar-refractivity contribution is 14.2. The molecule has 2 aromatic carbocycles. The van der Waals surface area contributed by atoms with Crippen molar-refractivity contribution in [1.29, 1.82) is 0 Å². The van der Waals surface area contributed by atoms with Gasteiger partial charge in [0.15, 0.2) is 5.82 Å². The first-order valence-electron chi connectivity index (χ1n) is 8.10. The first-order chi connectivity index (χ1) is 13.1. The molecular weight excluding hydrogens is 460 g/mol. The lowest BCUT2D eigenvalue weighted by molar-refractivity contribution is 0.628. The third-order valence-corrected chi connectivity index (χ3v) is 5.74. The van der Waals surface area contributed by atoms with E-state index in [2.05, 4.69) is 31.0 Å². The maximum absolute atomic E-state index is 13.1.